The van der Waals surface area contributed by atoms with E-state index in [4.69, 9.17) is 4.74 Å². The fourth-order valence-electron chi connectivity index (χ4n) is 1.87. The first-order valence-corrected chi connectivity index (χ1v) is 5.65. The van der Waals surface area contributed by atoms with E-state index in [1.807, 2.05) is 11.9 Å². The van der Waals surface area contributed by atoms with Gasteiger partial charge in [-0.2, -0.15) is 0 Å². The summed E-state index contributed by atoms with van der Waals surface area (Å²) in [5.74, 6) is -0.765. The zero-order chi connectivity index (χ0) is 12.8. The van der Waals surface area contributed by atoms with Gasteiger partial charge >= 0.3 is 11.9 Å². The maximum absolute atomic E-state index is 11.7. The van der Waals surface area contributed by atoms with E-state index in [2.05, 4.69) is 9.64 Å². The number of likely N-dealkylation sites (N-methyl/N-ethyl adjacent to an activating group) is 1. The predicted molar refractivity (Wildman–Crippen MR) is 61.5 cm³/mol. The minimum Gasteiger partial charge on any atom is -0.469 e. The number of ether oxygens (including phenoxy) is 2. The highest BCUT2D eigenvalue weighted by atomic mass is 16.5. The molecule has 0 aromatic carbocycles. The minimum absolute atomic E-state index is 0.0485. The smallest absolute Gasteiger partial charge is 0.323 e. The first-order chi connectivity index (χ1) is 8.08. The summed E-state index contributed by atoms with van der Waals surface area (Å²) >= 11 is 0. The van der Waals surface area contributed by atoms with Crippen molar-refractivity contribution in [3.63, 3.8) is 0 Å². The highest BCUT2D eigenvalue weighted by Gasteiger charge is 2.31. The SMILES string of the molecule is COC(=O)C[C@@H](C(=O)OC)N1CCN(C)CC1. The van der Waals surface area contributed by atoms with Gasteiger partial charge in [-0.05, 0) is 7.05 Å². The molecule has 98 valence electrons. The number of nitrogens with zero attached hydrogens (tertiary/aromatic N) is 2. The van der Waals surface area contributed by atoms with Crippen LogP contribution in [0.15, 0.2) is 0 Å². The van der Waals surface area contributed by atoms with Crippen LogP contribution in [0, 0.1) is 0 Å². The lowest BCUT2D eigenvalue weighted by Gasteiger charge is -2.36. The van der Waals surface area contributed by atoms with Gasteiger partial charge in [0.15, 0.2) is 0 Å². The summed E-state index contributed by atoms with van der Waals surface area (Å²) in [6, 6.07) is -0.527. The molecule has 1 atom stereocenters. The normalized spacial score (nSPS) is 19.7. The lowest BCUT2D eigenvalue weighted by Crippen LogP contribution is -2.52. The van der Waals surface area contributed by atoms with Gasteiger partial charge in [0, 0.05) is 26.2 Å². The number of esters is 2. The second-order valence-electron chi connectivity index (χ2n) is 4.16. The maximum atomic E-state index is 11.7. The summed E-state index contributed by atoms with van der Waals surface area (Å²) in [6.45, 7) is 3.28. The van der Waals surface area contributed by atoms with Gasteiger partial charge in [0.05, 0.1) is 20.6 Å². The van der Waals surface area contributed by atoms with Crippen LogP contribution in [-0.2, 0) is 19.1 Å². The van der Waals surface area contributed by atoms with E-state index >= 15 is 0 Å². The van der Waals surface area contributed by atoms with Crippen LogP contribution in [0.4, 0.5) is 0 Å². The summed E-state index contributed by atoms with van der Waals surface area (Å²) < 4.78 is 9.34. The van der Waals surface area contributed by atoms with Crippen molar-refractivity contribution >= 4 is 11.9 Å². The highest BCUT2D eigenvalue weighted by molar-refractivity contribution is 5.82. The lowest BCUT2D eigenvalue weighted by atomic mass is 10.1. The van der Waals surface area contributed by atoms with Gasteiger partial charge in [-0.25, -0.2) is 0 Å². The van der Waals surface area contributed by atoms with E-state index < -0.39 is 6.04 Å². The molecule has 0 N–H and O–H groups in total. The number of hydrogen-bond acceptors (Lipinski definition) is 6. The van der Waals surface area contributed by atoms with Crippen molar-refractivity contribution in [2.45, 2.75) is 12.5 Å². The molecule has 0 spiro atoms. The molecular formula is C11H20N2O4. The Morgan fingerprint density at radius 2 is 1.71 bits per heavy atom. The third kappa shape index (κ3) is 3.98. The number of methoxy groups -OCH3 is 2. The van der Waals surface area contributed by atoms with Crippen molar-refractivity contribution in [2.24, 2.45) is 0 Å². The van der Waals surface area contributed by atoms with E-state index in [1.54, 1.807) is 0 Å². The molecule has 0 saturated carbocycles. The Labute approximate surface area is 101 Å². The Bertz CT molecular complexity index is 275. The Hall–Kier alpha value is -1.14. The fraction of sp³-hybridized carbons (Fsp3) is 0.818. The fourth-order valence-corrected chi connectivity index (χ4v) is 1.87. The molecule has 1 saturated heterocycles. The first kappa shape index (κ1) is 13.9. The van der Waals surface area contributed by atoms with Crippen LogP contribution in [0.1, 0.15) is 6.42 Å². The van der Waals surface area contributed by atoms with Crippen molar-refractivity contribution in [1.29, 1.82) is 0 Å². The van der Waals surface area contributed by atoms with Crippen LogP contribution in [0.2, 0.25) is 0 Å². The van der Waals surface area contributed by atoms with Gasteiger partial charge in [-0.15, -0.1) is 0 Å². The standard InChI is InChI=1S/C11H20N2O4/c1-12-4-6-13(7-5-12)9(11(15)17-3)8-10(14)16-2/h9H,4-8H2,1-3H3/t9-/m0/s1. The molecule has 6 heteroatoms. The number of carbonyl (C=O) groups is 2. The Morgan fingerprint density at radius 1 is 1.12 bits per heavy atom. The number of piperazine rings is 1. The summed E-state index contributed by atoms with van der Waals surface area (Å²) in [4.78, 5) is 27.1. The van der Waals surface area contributed by atoms with Crippen molar-refractivity contribution < 1.29 is 19.1 Å². The van der Waals surface area contributed by atoms with Gasteiger partial charge in [0.25, 0.3) is 0 Å². The second-order valence-corrected chi connectivity index (χ2v) is 4.16. The van der Waals surface area contributed by atoms with Crippen LogP contribution in [-0.4, -0.2) is 75.2 Å². The summed E-state index contributed by atoms with van der Waals surface area (Å²) in [5.41, 5.74) is 0. The van der Waals surface area contributed by atoms with Crippen LogP contribution >= 0.6 is 0 Å². The molecular weight excluding hydrogens is 224 g/mol. The Balaban J connectivity index is 2.62. The van der Waals surface area contributed by atoms with E-state index in [9.17, 15) is 9.59 Å². The molecule has 6 nitrogen and oxygen atoms in total. The topological polar surface area (TPSA) is 59.1 Å². The second kappa shape index (κ2) is 6.56. The average Bonchev–Trinajstić information content (AvgIpc) is 2.36. The highest BCUT2D eigenvalue weighted by Crippen LogP contribution is 2.11. The van der Waals surface area contributed by atoms with Crippen molar-refractivity contribution in [1.82, 2.24) is 9.80 Å². The minimum atomic E-state index is -0.527. The van der Waals surface area contributed by atoms with Crippen LogP contribution < -0.4 is 0 Å². The van der Waals surface area contributed by atoms with Gasteiger partial charge in [-0.3, -0.25) is 14.5 Å². The molecule has 0 aromatic rings. The summed E-state index contributed by atoms with van der Waals surface area (Å²) in [5, 5.41) is 0. The van der Waals surface area contributed by atoms with Gasteiger partial charge in [0.1, 0.15) is 6.04 Å². The molecule has 0 amide bonds. The zero-order valence-electron chi connectivity index (χ0n) is 10.6. The molecule has 1 fully saturated rings. The molecule has 1 aliphatic heterocycles. The maximum Gasteiger partial charge on any atom is 0.323 e. The molecule has 0 aromatic heterocycles. The Morgan fingerprint density at radius 3 is 2.18 bits per heavy atom. The number of carbonyl (C=O) groups excluding carboxylic acids is 2. The molecule has 1 rings (SSSR count). The van der Waals surface area contributed by atoms with E-state index in [-0.39, 0.29) is 18.4 Å². The van der Waals surface area contributed by atoms with Gasteiger partial charge < -0.3 is 14.4 Å². The third-order valence-electron chi connectivity index (χ3n) is 3.04. The molecule has 0 radical (unpaired) electrons. The Kier molecular flexibility index (Phi) is 5.37. The first-order valence-electron chi connectivity index (χ1n) is 5.65. The zero-order valence-corrected chi connectivity index (χ0v) is 10.6. The molecule has 17 heavy (non-hydrogen) atoms. The van der Waals surface area contributed by atoms with Crippen molar-refractivity contribution in [3.8, 4) is 0 Å². The lowest BCUT2D eigenvalue weighted by molar-refractivity contribution is -0.154. The summed E-state index contributed by atoms with van der Waals surface area (Å²) in [7, 11) is 4.69. The average molecular weight is 244 g/mol. The predicted octanol–water partition coefficient (Wildman–Crippen LogP) is -0.661. The largest absolute Gasteiger partial charge is 0.469 e. The quantitative estimate of drug-likeness (QED) is 0.612. The van der Waals surface area contributed by atoms with E-state index in [0.717, 1.165) is 26.2 Å². The molecule has 0 aliphatic carbocycles. The number of hydrogen-bond donors (Lipinski definition) is 0. The van der Waals surface area contributed by atoms with Crippen LogP contribution in [0.3, 0.4) is 0 Å². The monoisotopic (exact) mass is 244 g/mol. The molecule has 1 aliphatic rings. The molecule has 0 bridgehead atoms. The van der Waals surface area contributed by atoms with Gasteiger partial charge in [-0.1, -0.05) is 0 Å². The summed E-state index contributed by atoms with van der Waals surface area (Å²) in [6.07, 6.45) is 0.0485. The van der Waals surface area contributed by atoms with E-state index in [0.29, 0.717) is 0 Å². The van der Waals surface area contributed by atoms with E-state index in [1.165, 1.54) is 14.2 Å². The number of rotatable bonds is 4. The molecule has 0 unspecified atom stereocenters. The van der Waals surface area contributed by atoms with Crippen molar-refractivity contribution in [2.75, 3.05) is 47.4 Å². The van der Waals surface area contributed by atoms with Crippen LogP contribution in [0.5, 0.6) is 0 Å². The van der Waals surface area contributed by atoms with Crippen LogP contribution in [0.25, 0.3) is 0 Å². The van der Waals surface area contributed by atoms with Gasteiger partial charge in [0.2, 0.25) is 0 Å². The molecule has 1 heterocycles. The van der Waals surface area contributed by atoms with Crippen molar-refractivity contribution in [3.05, 3.63) is 0 Å². The third-order valence-corrected chi connectivity index (χ3v) is 3.04.